The highest BCUT2D eigenvalue weighted by Crippen LogP contribution is 1.96. The molecule has 0 aromatic rings. The van der Waals surface area contributed by atoms with Crippen LogP contribution in [0.2, 0.25) is 0 Å². The minimum absolute atomic E-state index is 0.00880. The molecule has 0 aliphatic heterocycles. The molecule has 78 valence electrons. The lowest BCUT2D eigenvalue weighted by atomic mass is 10.3. The van der Waals surface area contributed by atoms with E-state index in [1.807, 2.05) is 38.0 Å². The van der Waals surface area contributed by atoms with Crippen molar-refractivity contribution in [1.29, 1.82) is 0 Å². The molecule has 0 bridgehead atoms. The minimum Gasteiger partial charge on any atom is -0.365 e. The number of rotatable bonds is 4. The Morgan fingerprint density at radius 2 is 1.92 bits per heavy atom. The first-order chi connectivity index (χ1) is 5.99. The zero-order chi connectivity index (χ0) is 10.4. The summed E-state index contributed by atoms with van der Waals surface area (Å²) in [5.74, 6) is 0.948. The van der Waals surface area contributed by atoms with Crippen LogP contribution in [0.25, 0.3) is 0 Å². The first-order valence-corrected chi connectivity index (χ1v) is 4.31. The maximum Gasteiger partial charge on any atom is 0.127 e. The third-order valence-corrected chi connectivity index (χ3v) is 1.81. The monoisotopic (exact) mass is 187 g/mol. The quantitative estimate of drug-likeness (QED) is 0.265. The predicted octanol–water partition coefficient (Wildman–Crippen LogP) is -0.683. The topological polar surface area (TPSA) is 56.9 Å². The predicted molar refractivity (Wildman–Crippen MR) is 56.5 cm³/mol. The van der Waals surface area contributed by atoms with Gasteiger partial charge in [0.05, 0.1) is 6.17 Å². The molecule has 13 heavy (non-hydrogen) atoms. The number of amidine groups is 1. The van der Waals surface area contributed by atoms with E-state index >= 15 is 0 Å². The Labute approximate surface area is 80.6 Å². The first kappa shape index (κ1) is 12.2. The molecule has 5 heteroatoms. The Bertz CT molecular complexity index is 164. The van der Waals surface area contributed by atoms with E-state index < -0.39 is 0 Å². The summed E-state index contributed by atoms with van der Waals surface area (Å²) in [6, 6.07) is 0. The van der Waals surface area contributed by atoms with E-state index in [1.54, 1.807) is 7.05 Å². The molecule has 1 atom stereocenters. The van der Waals surface area contributed by atoms with E-state index in [-0.39, 0.29) is 6.17 Å². The van der Waals surface area contributed by atoms with E-state index in [4.69, 9.17) is 5.73 Å². The molecule has 0 aromatic carbocycles. The largest absolute Gasteiger partial charge is 0.365 e. The molecule has 0 aromatic heterocycles. The van der Waals surface area contributed by atoms with Crippen molar-refractivity contribution in [3.05, 3.63) is 0 Å². The van der Waals surface area contributed by atoms with Crippen LogP contribution in [0.5, 0.6) is 0 Å². The Morgan fingerprint density at radius 3 is 2.23 bits per heavy atom. The fourth-order valence-corrected chi connectivity index (χ4v) is 0.827. The van der Waals surface area contributed by atoms with Gasteiger partial charge in [0.2, 0.25) is 0 Å². The number of hydrogen-bond donors (Lipinski definition) is 2. The lowest BCUT2D eigenvalue weighted by Crippen LogP contribution is -2.41. The van der Waals surface area contributed by atoms with Gasteiger partial charge in [0, 0.05) is 27.6 Å². The Morgan fingerprint density at radius 1 is 1.38 bits per heavy atom. The average molecular weight is 187 g/mol. The summed E-state index contributed by atoms with van der Waals surface area (Å²) in [4.78, 5) is 3.93. The van der Waals surface area contributed by atoms with Gasteiger partial charge in [-0.2, -0.15) is 5.10 Å². The first-order valence-electron chi connectivity index (χ1n) is 4.31. The van der Waals surface area contributed by atoms with Gasteiger partial charge in [0.15, 0.2) is 0 Å². The molecule has 0 amide bonds. The summed E-state index contributed by atoms with van der Waals surface area (Å²) in [7, 11) is 9.61. The van der Waals surface area contributed by atoms with E-state index in [0.717, 1.165) is 12.3 Å². The molecule has 0 aliphatic rings. The SMILES string of the molecule is CN/N=C(/CC(N)N(C)C)N(C)C. The summed E-state index contributed by atoms with van der Waals surface area (Å²) in [5.41, 5.74) is 8.64. The van der Waals surface area contributed by atoms with Crippen molar-refractivity contribution in [2.45, 2.75) is 12.6 Å². The molecular formula is C8H21N5. The molecule has 1 unspecified atom stereocenters. The molecular weight excluding hydrogens is 166 g/mol. The van der Waals surface area contributed by atoms with Gasteiger partial charge in [-0.25, -0.2) is 0 Å². The highest BCUT2D eigenvalue weighted by atomic mass is 15.3. The van der Waals surface area contributed by atoms with Gasteiger partial charge in [-0.1, -0.05) is 0 Å². The second-order valence-electron chi connectivity index (χ2n) is 3.38. The van der Waals surface area contributed by atoms with Crippen LogP contribution >= 0.6 is 0 Å². The summed E-state index contributed by atoms with van der Waals surface area (Å²) in [6.07, 6.45) is 0.746. The molecule has 5 nitrogen and oxygen atoms in total. The maximum atomic E-state index is 5.88. The van der Waals surface area contributed by atoms with Crippen LogP contribution in [0.15, 0.2) is 5.10 Å². The van der Waals surface area contributed by atoms with Gasteiger partial charge in [-0.15, -0.1) is 0 Å². The van der Waals surface area contributed by atoms with Crippen LogP contribution in [0, 0.1) is 0 Å². The number of nitrogens with two attached hydrogens (primary N) is 1. The highest BCUT2D eigenvalue weighted by molar-refractivity contribution is 5.82. The second kappa shape index (κ2) is 5.77. The van der Waals surface area contributed by atoms with Crippen LogP contribution in [0.1, 0.15) is 6.42 Å². The Kier molecular flexibility index (Phi) is 5.41. The van der Waals surface area contributed by atoms with Crippen LogP contribution in [-0.2, 0) is 0 Å². The van der Waals surface area contributed by atoms with E-state index in [9.17, 15) is 0 Å². The normalized spacial score (nSPS) is 14.5. The molecule has 0 aliphatic carbocycles. The van der Waals surface area contributed by atoms with Gasteiger partial charge < -0.3 is 16.1 Å². The number of nitrogens with zero attached hydrogens (tertiary/aromatic N) is 3. The van der Waals surface area contributed by atoms with Crippen LogP contribution < -0.4 is 11.2 Å². The molecule has 0 rings (SSSR count). The maximum absolute atomic E-state index is 5.88. The van der Waals surface area contributed by atoms with Gasteiger partial charge >= 0.3 is 0 Å². The third kappa shape index (κ3) is 4.69. The molecule has 0 saturated carbocycles. The smallest absolute Gasteiger partial charge is 0.127 e. The zero-order valence-corrected chi connectivity index (χ0v) is 9.20. The molecule has 0 saturated heterocycles. The van der Waals surface area contributed by atoms with Crippen molar-refractivity contribution in [2.75, 3.05) is 35.2 Å². The zero-order valence-electron chi connectivity index (χ0n) is 9.20. The standard InChI is InChI=1S/C8H21N5/c1-10-11-8(13(4)5)6-7(9)12(2)3/h7,10H,6,9H2,1-5H3/b11-8-. The number of nitrogens with one attached hydrogen (secondary N) is 1. The molecule has 0 fully saturated rings. The van der Waals surface area contributed by atoms with Crippen molar-refractivity contribution in [3.8, 4) is 0 Å². The van der Waals surface area contributed by atoms with Gasteiger partial charge in [0.1, 0.15) is 5.84 Å². The number of hydrogen-bond acceptors (Lipinski definition) is 4. The molecule has 0 spiro atoms. The minimum atomic E-state index is 0.00880. The lowest BCUT2D eigenvalue weighted by molar-refractivity contribution is 0.302. The van der Waals surface area contributed by atoms with Crippen molar-refractivity contribution in [2.24, 2.45) is 10.8 Å². The van der Waals surface area contributed by atoms with Crippen molar-refractivity contribution < 1.29 is 0 Å². The van der Waals surface area contributed by atoms with Crippen LogP contribution in [0.4, 0.5) is 0 Å². The summed E-state index contributed by atoms with van der Waals surface area (Å²) < 4.78 is 0. The average Bonchev–Trinajstić information content (AvgIpc) is 2.03. The van der Waals surface area contributed by atoms with E-state index in [0.29, 0.717) is 0 Å². The lowest BCUT2D eigenvalue weighted by Gasteiger charge is -2.23. The van der Waals surface area contributed by atoms with Crippen molar-refractivity contribution >= 4 is 5.84 Å². The Hall–Kier alpha value is -0.810. The highest BCUT2D eigenvalue weighted by Gasteiger charge is 2.10. The summed E-state index contributed by atoms with van der Waals surface area (Å²) in [5, 5.41) is 4.13. The summed E-state index contributed by atoms with van der Waals surface area (Å²) >= 11 is 0. The molecule has 0 heterocycles. The third-order valence-electron chi connectivity index (χ3n) is 1.81. The Balaban J connectivity index is 4.19. The van der Waals surface area contributed by atoms with Crippen molar-refractivity contribution in [3.63, 3.8) is 0 Å². The fraction of sp³-hybridized carbons (Fsp3) is 0.875. The fourth-order valence-electron chi connectivity index (χ4n) is 0.827. The second-order valence-corrected chi connectivity index (χ2v) is 3.38. The van der Waals surface area contributed by atoms with Crippen LogP contribution in [0.3, 0.4) is 0 Å². The van der Waals surface area contributed by atoms with Gasteiger partial charge in [-0.3, -0.25) is 4.90 Å². The van der Waals surface area contributed by atoms with E-state index in [2.05, 4.69) is 10.5 Å². The number of hydrazone groups is 1. The van der Waals surface area contributed by atoms with Gasteiger partial charge in [0.25, 0.3) is 0 Å². The van der Waals surface area contributed by atoms with E-state index in [1.165, 1.54) is 0 Å². The van der Waals surface area contributed by atoms with Crippen LogP contribution in [-0.4, -0.2) is 57.0 Å². The van der Waals surface area contributed by atoms with Crippen molar-refractivity contribution in [1.82, 2.24) is 15.2 Å². The molecule has 0 radical (unpaired) electrons. The molecule has 3 N–H and O–H groups in total. The van der Waals surface area contributed by atoms with Gasteiger partial charge in [-0.05, 0) is 14.1 Å². The summed E-state index contributed by atoms with van der Waals surface area (Å²) in [6.45, 7) is 0.